The van der Waals surface area contributed by atoms with Crippen LogP contribution in [0.15, 0.2) is 36.7 Å². The van der Waals surface area contributed by atoms with Gasteiger partial charge in [-0.1, -0.05) is 0 Å². The van der Waals surface area contributed by atoms with E-state index in [1.807, 2.05) is 12.1 Å². The third-order valence-corrected chi connectivity index (χ3v) is 4.35. The van der Waals surface area contributed by atoms with Crippen molar-refractivity contribution in [3.8, 4) is 5.88 Å². The number of nitrogens with zero attached hydrogens (tertiary/aromatic N) is 3. The van der Waals surface area contributed by atoms with E-state index in [9.17, 15) is 4.79 Å². The first-order chi connectivity index (χ1) is 11.8. The van der Waals surface area contributed by atoms with Gasteiger partial charge in [0.1, 0.15) is 6.10 Å². The predicted molar refractivity (Wildman–Crippen MR) is 88.3 cm³/mol. The molecule has 6 heteroatoms. The minimum atomic E-state index is -0.0427. The summed E-state index contributed by atoms with van der Waals surface area (Å²) in [7, 11) is 0. The number of hydrogen-bond donors (Lipinski definition) is 0. The molecule has 4 rings (SSSR count). The Bertz CT molecular complexity index is 744. The third kappa shape index (κ3) is 2.97. The van der Waals surface area contributed by atoms with E-state index in [0.29, 0.717) is 31.2 Å². The summed E-state index contributed by atoms with van der Waals surface area (Å²) in [6.07, 6.45) is 6.09. The topological polar surface area (TPSA) is 64.6 Å². The quantitative estimate of drug-likeness (QED) is 0.866. The van der Waals surface area contributed by atoms with Crippen LogP contribution < -0.4 is 9.64 Å². The van der Waals surface area contributed by atoms with Crippen molar-refractivity contribution in [3.63, 3.8) is 0 Å². The number of ether oxygens (including phenoxy) is 2. The Labute approximate surface area is 140 Å². The Kier molecular flexibility index (Phi) is 4.13. The van der Waals surface area contributed by atoms with Crippen molar-refractivity contribution in [2.75, 3.05) is 24.7 Å². The number of amides is 1. The molecule has 0 spiro atoms. The second-order valence-electron chi connectivity index (χ2n) is 6.02. The van der Waals surface area contributed by atoms with Crippen LogP contribution in [0, 0.1) is 0 Å². The number of fused-ring (bicyclic) bond motifs is 1. The van der Waals surface area contributed by atoms with Crippen molar-refractivity contribution in [1.82, 2.24) is 9.97 Å². The summed E-state index contributed by atoms with van der Waals surface area (Å²) in [6.45, 7) is 1.98. The molecule has 0 radical (unpaired) electrons. The maximum absolute atomic E-state index is 12.9. The number of rotatable bonds is 3. The van der Waals surface area contributed by atoms with Crippen molar-refractivity contribution < 1.29 is 14.3 Å². The van der Waals surface area contributed by atoms with E-state index in [-0.39, 0.29) is 12.0 Å². The van der Waals surface area contributed by atoms with E-state index in [0.717, 1.165) is 30.6 Å². The number of anilines is 1. The fraction of sp³-hybridized carbons (Fsp3) is 0.389. The van der Waals surface area contributed by atoms with Crippen LogP contribution in [0.4, 0.5) is 5.69 Å². The van der Waals surface area contributed by atoms with E-state index in [1.165, 1.54) is 0 Å². The van der Waals surface area contributed by atoms with Crippen LogP contribution in [0.2, 0.25) is 0 Å². The first-order valence-corrected chi connectivity index (χ1v) is 8.27. The molecule has 4 heterocycles. The SMILES string of the molecule is O=C(c1ccnc(OC2CCOC2)c1)N1CCCc2ncccc21. The number of carbonyl (C=O) groups excluding carboxylic acids is 1. The lowest BCUT2D eigenvalue weighted by Crippen LogP contribution is -2.35. The van der Waals surface area contributed by atoms with Gasteiger partial charge in [0, 0.05) is 37.0 Å². The molecule has 24 heavy (non-hydrogen) atoms. The van der Waals surface area contributed by atoms with E-state index >= 15 is 0 Å². The standard InChI is InChI=1S/C18H19N3O3/c22-18(21-9-2-3-15-16(21)4-1-7-19-15)13-5-8-20-17(11-13)24-14-6-10-23-12-14/h1,4-5,7-8,11,14H,2-3,6,9-10,12H2. The molecule has 1 fully saturated rings. The lowest BCUT2D eigenvalue weighted by atomic mass is 10.1. The number of pyridine rings is 2. The lowest BCUT2D eigenvalue weighted by Gasteiger charge is -2.28. The summed E-state index contributed by atoms with van der Waals surface area (Å²) in [6, 6.07) is 7.26. The molecule has 1 amide bonds. The monoisotopic (exact) mass is 325 g/mol. The van der Waals surface area contributed by atoms with Crippen molar-refractivity contribution >= 4 is 11.6 Å². The maximum atomic E-state index is 12.9. The minimum absolute atomic E-state index is 0.0164. The predicted octanol–water partition coefficient (Wildman–Crippen LogP) is 2.24. The highest BCUT2D eigenvalue weighted by Crippen LogP contribution is 2.27. The average Bonchev–Trinajstić information content (AvgIpc) is 3.14. The summed E-state index contributed by atoms with van der Waals surface area (Å²) >= 11 is 0. The highest BCUT2D eigenvalue weighted by Gasteiger charge is 2.25. The zero-order valence-electron chi connectivity index (χ0n) is 13.4. The molecular formula is C18H19N3O3. The van der Waals surface area contributed by atoms with Crippen LogP contribution in [0.5, 0.6) is 5.88 Å². The Morgan fingerprint density at radius 2 is 2.25 bits per heavy atom. The Hall–Kier alpha value is -2.47. The summed E-state index contributed by atoms with van der Waals surface area (Å²) in [5.41, 5.74) is 2.46. The molecule has 6 nitrogen and oxygen atoms in total. The largest absolute Gasteiger partial charge is 0.472 e. The molecule has 0 aliphatic carbocycles. The molecule has 124 valence electrons. The summed E-state index contributed by atoms with van der Waals surface area (Å²) in [4.78, 5) is 23.3. The maximum Gasteiger partial charge on any atom is 0.258 e. The average molecular weight is 325 g/mol. The molecule has 2 aliphatic heterocycles. The van der Waals surface area contributed by atoms with E-state index in [1.54, 1.807) is 29.4 Å². The van der Waals surface area contributed by atoms with Gasteiger partial charge in [0.25, 0.3) is 5.91 Å². The van der Waals surface area contributed by atoms with Crippen LogP contribution in [0.3, 0.4) is 0 Å². The summed E-state index contributed by atoms with van der Waals surface area (Å²) < 4.78 is 11.1. The van der Waals surface area contributed by atoms with E-state index < -0.39 is 0 Å². The molecule has 0 saturated carbocycles. The van der Waals surface area contributed by atoms with Crippen LogP contribution in [0.25, 0.3) is 0 Å². The molecule has 0 bridgehead atoms. The second kappa shape index (κ2) is 6.57. The van der Waals surface area contributed by atoms with Crippen molar-refractivity contribution in [2.45, 2.75) is 25.4 Å². The van der Waals surface area contributed by atoms with Crippen molar-refractivity contribution in [2.24, 2.45) is 0 Å². The van der Waals surface area contributed by atoms with Gasteiger partial charge in [-0.25, -0.2) is 4.98 Å². The van der Waals surface area contributed by atoms with Crippen LogP contribution in [0.1, 0.15) is 28.9 Å². The fourth-order valence-electron chi connectivity index (χ4n) is 3.14. The van der Waals surface area contributed by atoms with Crippen molar-refractivity contribution in [3.05, 3.63) is 47.9 Å². The van der Waals surface area contributed by atoms with E-state index in [2.05, 4.69) is 9.97 Å². The number of aromatic nitrogens is 2. The first-order valence-electron chi connectivity index (χ1n) is 8.27. The molecule has 1 saturated heterocycles. The Balaban J connectivity index is 1.56. The van der Waals surface area contributed by atoms with Crippen molar-refractivity contribution in [1.29, 1.82) is 0 Å². The molecule has 1 atom stereocenters. The van der Waals surface area contributed by atoms with Crippen LogP contribution in [-0.4, -0.2) is 41.7 Å². The van der Waals surface area contributed by atoms with Gasteiger partial charge in [0.15, 0.2) is 0 Å². The zero-order valence-corrected chi connectivity index (χ0v) is 13.4. The number of aryl methyl sites for hydroxylation is 1. The Morgan fingerprint density at radius 1 is 1.29 bits per heavy atom. The highest BCUT2D eigenvalue weighted by atomic mass is 16.5. The van der Waals surface area contributed by atoms with Crippen LogP contribution >= 0.6 is 0 Å². The van der Waals surface area contributed by atoms with Gasteiger partial charge in [-0.05, 0) is 31.0 Å². The number of hydrogen-bond acceptors (Lipinski definition) is 5. The molecule has 1 unspecified atom stereocenters. The molecular weight excluding hydrogens is 306 g/mol. The molecule has 0 aromatic carbocycles. The van der Waals surface area contributed by atoms with Gasteiger partial charge >= 0.3 is 0 Å². The zero-order chi connectivity index (χ0) is 16.4. The minimum Gasteiger partial charge on any atom is -0.472 e. The van der Waals surface area contributed by atoms with E-state index in [4.69, 9.17) is 9.47 Å². The molecule has 2 aromatic rings. The van der Waals surface area contributed by atoms with Crippen LogP contribution in [-0.2, 0) is 11.2 Å². The summed E-state index contributed by atoms with van der Waals surface area (Å²) in [5, 5.41) is 0. The molecule has 0 N–H and O–H groups in total. The highest BCUT2D eigenvalue weighted by molar-refractivity contribution is 6.06. The first kappa shape index (κ1) is 15.1. The van der Waals surface area contributed by atoms with Gasteiger partial charge in [-0.2, -0.15) is 0 Å². The van der Waals surface area contributed by atoms with Gasteiger partial charge in [0.05, 0.1) is 24.6 Å². The van der Waals surface area contributed by atoms with Gasteiger partial charge in [0.2, 0.25) is 5.88 Å². The molecule has 2 aromatic heterocycles. The fourth-order valence-corrected chi connectivity index (χ4v) is 3.14. The second-order valence-corrected chi connectivity index (χ2v) is 6.02. The molecule has 2 aliphatic rings. The van der Waals surface area contributed by atoms with Gasteiger partial charge in [-0.3, -0.25) is 9.78 Å². The normalized spacial score (nSPS) is 19.8. The number of carbonyl (C=O) groups is 1. The Morgan fingerprint density at radius 3 is 3.12 bits per heavy atom. The van der Waals surface area contributed by atoms with Gasteiger partial charge < -0.3 is 14.4 Å². The lowest BCUT2D eigenvalue weighted by molar-refractivity contribution is 0.0983. The summed E-state index contributed by atoms with van der Waals surface area (Å²) in [5.74, 6) is 0.429. The smallest absolute Gasteiger partial charge is 0.258 e. The third-order valence-electron chi connectivity index (χ3n) is 4.35. The van der Waals surface area contributed by atoms with Gasteiger partial charge in [-0.15, -0.1) is 0 Å².